The topological polar surface area (TPSA) is 91.0 Å². The minimum Gasteiger partial charge on any atom is -0.370 e. The number of nitrogens with two attached hydrogens (primary N) is 1. The highest BCUT2D eigenvalue weighted by Gasteiger charge is 2.22. The molecular formula is C21H27N7O. The molecule has 2 aromatic rings. The molecule has 0 radical (unpaired) electrons. The fourth-order valence-electron chi connectivity index (χ4n) is 3.80. The number of carbonyl (C=O) groups is 1. The molecule has 0 bridgehead atoms. The number of hydrogen-bond acceptors (Lipinski definition) is 5. The highest BCUT2D eigenvalue weighted by atomic mass is 16.2. The van der Waals surface area contributed by atoms with E-state index >= 15 is 0 Å². The number of carbonyl (C=O) groups excluding carboxylic acids is 1. The molecule has 3 heterocycles. The number of hydrogen-bond donors (Lipinski definition) is 1. The van der Waals surface area contributed by atoms with Crippen LogP contribution < -0.4 is 10.6 Å². The fraction of sp³-hybridized carbons (Fsp3) is 0.429. The second-order valence-electron chi connectivity index (χ2n) is 7.38. The summed E-state index contributed by atoms with van der Waals surface area (Å²) in [5.41, 5.74) is 8.54. The Morgan fingerprint density at radius 1 is 1.00 bits per heavy atom. The van der Waals surface area contributed by atoms with Crippen LogP contribution in [0.25, 0.3) is 0 Å². The third-order valence-corrected chi connectivity index (χ3v) is 5.50. The summed E-state index contributed by atoms with van der Waals surface area (Å²) in [6, 6.07) is 9.98. The van der Waals surface area contributed by atoms with Crippen LogP contribution in [0, 0.1) is 0 Å². The second kappa shape index (κ2) is 8.89. The predicted octanol–water partition coefficient (Wildman–Crippen LogP) is 1.24. The molecule has 8 heteroatoms. The molecule has 1 amide bonds. The van der Waals surface area contributed by atoms with Gasteiger partial charge < -0.3 is 20.4 Å². The van der Waals surface area contributed by atoms with Crippen molar-refractivity contribution in [2.45, 2.75) is 25.9 Å². The number of likely N-dealkylation sites (tertiary alicyclic amines) is 1. The van der Waals surface area contributed by atoms with Gasteiger partial charge in [0.15, 0.2) is 5.96 Å². The van der Waals surface area contributed by atoms with E-state index in [0.29, 0.717) is 25.5 Å². The van der Waals surface area contributed by atoms with Crippen molar-refractivity contribution >= 4 is 17.8 Å². The summed E-state index contributed by atoms with van der Waals surface area (Å²) >= 11 is 0. The van der Waals surface area contributed by atoms with Crippen LogP contribution in [0.1, 0.15) is 24.0 Å². The van der Waals surface area contributed by atoms with Crippen LogP contribution in [0.15, 0.2) is 47.7 Å². The van der Waals surface area contributed by atoms with Crippen molar-refractivity contribution in [1.29, 1.82) is 0 Å². The van der Waals surface area contributed by atoms with Crippen molar-refractivity contribution in [3.8, 4) is 0 Å². The summed E-state index contributed by atoms with van der Waals surface area (Å²) in [5.74, 6) is 1.56. The van der Waals surface area contributed by atoms with Gasteiger partial charge in [0.05, 0.1) is 6.54 Å². The highest BCUT2D eigenvalue weighted by molar-refractivity contribution is 5.79. The maximum Gasteiger partial charge on any atom is 0.225 e. The molecule has 4 rings (SSSR count). The molecule has 1 aromatic heterocycles. The number of piperazine rings is 1. The summed E-state index contributed by atoms with van der Waals surface area (Å²) in [6.45, 7) is 5.22. The van der Waals surface area contributed by atoms with Crippen molar-refractivity contribution < 1.29 is 4.79 Å². The Balaban J connectivity index is 1.35. The molecule has 2 aliphatic heterocycles. The average molecular weight is 393 g/mol. The molecule has 2 saturated heterocycles. The van der Waals surface area contributed by atoms with E-state index in [2.05, 4.69) is 36.9 Å². The first-order valence-electron chi connectivity index (χ1n) is 10.1. The highest BCUT2D eigenvalue weighted by Crippen LogP contribution is 2.18. The summed E-state index contributed by atoms with van der Waals surface area (Å²) in [5, 5.41) is 0. The molecule has 0 saturated carbocycles. The molecule has 0 aliphatic carbocycles. The summed E-state index contributed by atoms with van der Waals surface area (Å²) in [4.78, 5) is 31.4. The van der Waals surface area contributed by atoms with Gasteiger partial charge in [0, 0.05) is 58.1 Å². The maximum absolute atomic E-state index is 12.0. The van der Waals surface area contributed by atoms with Crippen molar-refractivity contribution in [3.63, 3.8) is 0 Å². The molecular weight excluding hydrogens is 366 g/mol. The van der Waals surface area contributed by atoms with E-state index in [1.807, 2.05) is 23.1 Å². The molecule has 2 N–H and O–H groups in total. The summed E-state index contributed by atoms with van der Waals surface area (Å²) in [7, 11) is 0. The van der Waals surface area contributed by atoms with E-state index in [9.17, 15) is 4.79 Å². The van der Waals surface area contributed by atoms with Gasteiger partial charge in [-0.15, -0.1) is 0 Å². The van der Waals surface area contributed by atoms with Crippen LogP contribution in [0.5, 0.6) is 0 Å². The molecule has 0 unspecified atom stereocenters. The standard InChI is InChI=1S/C21H27N7O/c22-20(26-11-13-27(14-12-26)21-23-8-4-9-24-21)25-15-17-5-1-2-6-18(17)16-28-10-3-7-19(28)29/h1-2,4-6,8-9H,3,7,10-16H2,(H2,22,25). The summed E-state index contributed by atoms with van der Waals surface area (Å²) < 4.78 is 0. The number of aromatic nitrogens is 2. The van der Waals surface area contributed by atoms with E-state index in [1.54, 1.807) is 12.4 Å². The minimum atomic E-state index is 0.239. The van der Waals surface area contributed by atoms with E-state index in [0.717, 1.165) is 56.2 Å². The first-order chi connectivity index (χ1) is 14.2. The first kappa shape index (κ1) is 19.2. The Hall–Kier alpha value is -3.16. The Kier molecular flexibility index (Phi) is 5.88. The van der Waals surface area contributed by atoms with E-state index in [1.165, 1.54) is 0 Å². The fourth-order valence-corrected chi connectivity index (χ4v) is 3.80. The number of rotatable bonds is 5. The second-order valence-corrected chi connectivity index (χ2v) is 7.38. The Morgan fingerprint density at radius 2 is 1.72 bits per heavy atom. The number of nitrogens with zero attached hydrogens (tertiary/aromatic N) is 6. The van der Waals surface area contributed by atoms with Gasteiger partial charge in [-0.1, -0.05) is 24.3 Å². The zero-order chi connectivity index (χ0) is 20.1. The summed E-state index contributed by atoms with van der Waals surface area (Å²) in [6.07, 6.45) is 5.13. The number of amides is 1. The lowest BCUT2D eigenvalue weighted by molar-refractivity contribution is -0.128. The van der Waals surface area contributed by atoms with Crippen molar-refractivity contribution in [2.24, 2.45) is 10.7 Å². The SMILES string of the molecule is NC(=NCc1ccccc1CN1CCCC1=O)N1CCN(c2ncccn2)CC1. The molecule has 0 spiro atoms. The first-order valence-corrected chi connectivity index (χ1v) is 10.1. The van der Waals surface area contributed by atoms with Gasteiger partial charge in [-0.3, -0.25) is 4.79 Å². The van der Waals surface area contributed by atoms with Gasteiger partial charge in [-0.2, -0.15) is 0 Å². The molecule has 1 aromatic carbocycles. The van der Waals surface area contributed by atoms with Crippen LogP contribution in [-0.4, -0.2) is 64.4 Å². The lowest BCUT2D eigenvalue weighted by Gasteiger charge is -2.35. The average Bonchev–Trinajstić information content (AvgIpc) is 3.18. The lowest BCUT2D eigenvalue weighted by atomic mass is 10.1. The molecule has 152 valence electrons. The van der Waals surface area contributed by atoms with Gasteiger partial charge in [-0.25, -0.2) is 15.0 Å². The minimum absolute atomic E-state index is 0.239. The van der Waals surface area contributed by atoms with E-state index in [4.69, 9.17) is 5.73 Å². The number of benzene rings is 1. The smallest absolute Gasteiger partial charge is 0.225 e. The van der Waals surface area contributed by atoms with Crippen LogP contribution in [-0.2, 0) is 17.9 Å². The zero-order valence-electron chi connectivity index (χ0n) is 16.6. The van der Waals surface area contributed by atoms with Crippen LogP contribution in [0.2, 0.25) is 0 Å². The molecule has 0 atom stereocenters. The Labute approximate surface area is 171 Å². The molecule has 8 nitrogen and oxygen atoms in total. The molecule has 2 aliphatic rings. The molecule has 2 fully saturated rings. The number of guanidine groups is 1. The van der Waals surface area contributed by atoms with E-state index < -0.39 is 0 Å². The maximum atomic E-state index is 12.0. The number of anilines is 1. The van der Waals surface area contributed by atoms with Crippen molar-refractivity contribution in [2.75, 3.05) is 37.6 Å². The van der Waals surface area contributed by atoms with Gasteiger partial charge in [0.2, 0.25) is 11.9 Å². The Morgan fingerprint density at radius 3 is 2.41 bits per heavy atom. The monoisotopic (exact) mass is 393 g/mol. The van der Waals surface area contributed by atoms with Crippen LogP contribution >= 0.6 is 0 Å². The predicted molar refractivity (Wildman–Crippen MR) is 112 cm³/mol. The van der Waals surface area contributed by atoms with Crippen molar-refractivity contribution in [1.82, 2.24) is 19.8 Å². The van der Waals surface area contributed by atoms with E-state index in [-0.39, 0.29) is 5.91 Å². The van der Waals surface area contributed by atoms with Gasteiger partial charge in [0.1, 0.15) is 0 Å². The van der Waals surface area contributed by atoms with Crippen molar-refractivity contribution in [3.05, 3.63) is 53.9 Å². The normalized spacial score (nSPS) is 17.9. The third kappa shape index (κ3) is 4.64. The quantitative estimate of drug-likeness (QED) is 0.607. The third-order valence-electron chi connectivity index (χ3n) is 5.50. The lowest BCUT2D eigenvalue weighted by Crippen LogP contribution is -2.51. The van der Waals surface area contributed by atoms with Gasteiger partial charge in [0.25, 0.3) is 0 Å². The van der Waals surface area contributed by atoms with Crippen LogP contribution in [0.3, 0.4) is 0 Å². The van der Waals surface area contributed by atoms with Gasteiger partial charge >= 0.3 is 0 Å². The molecule has 29 heavy (non-hydrogen) atoms. The Bertz CT molecular complexity index is 862. The largest absolute Gasteiger partial charge is 0.370 e. The van der Waals surface area contributed by atoms with Crippen LogP contribution in [0.4, 0.5) is 5.95 Å². The number of aliphatic imine (C=N–C) groups is 1. The van der Waals surface area contributed by atoms with Gasteiger partial charge in [-0.05, 0) is 23.6 Å². The zero-order valence-corrected chi connectivity index (χ0v) is 16.6.